The lowest BCUT2D eigenvalue weighted by Crippen LogP contribution is -2.15. The van der Waals surface area contributed by atoms with E-state index in [1.54, 1.807) is 30.5 Å². The van der Waals surface area contributed by atoms with E-state index in [9.17, 15) is 9.59 Å². The number of unbranched alkanes of at least 4 members (excludes halogenated alkanes) is 10. The van der Waals surface area contributed by atoms with Gasteiger partial charge in [0.15, 0.2) is 0 Å². The van der Waals surface area contributed by atoms with Gasteiger partial charge in [0.1, 0.15) is 0 Å². The molecular formula is C31H47NO4. The maximum atomic E-state index is 12.4. The Hall–Kier alpha value is -2.69. The van der Waals surface area contributed by atoms with E-state index in [-0.39, 0.29) is 0 Å². The van der Waals surface area contributed by atoms with Gasteiger partial charge in [-0.15, -0.1) is 0 Å². The fourth-order valence-corrected chi connectivity index (χ4v) is 3.70. The molecule has 0 N–H and O–H groups in total. The summed E-state index contributed by atoms with van der Waals surface area (Å²) in [6, 6.07) is 10.8. The van der Waals surface area contributed by atoms with Crippen LogP contribution < -0.4 is 0 Å². The molecule has 1 heterocycles. The number of aromatic nitrogens is 1. The van der Waals surface area contributed by atoms with Gasteiger partial charge in [0, 0.05) is 12.4 Å². The van der Waals surface area contributed by atoms with Crippen molar-refractivity contribution in [3.05, 3.63) is 65.5 Å². The monoisotopic (exact) mass is 497 g/mol. The lowest BCUT2D eigenvalue weighted by molar-refractivity contribution is 0.0450. The maximum Gasteiger partial charge on any atom is 0.339 e. The number of aryl methyl sites for hydroxylation is 1. The largest absolute Gasteiger partial charge is 0.462 e. The highest BCUT2D eigenvalue weighted by atomic mass is 16.5. The number of rotatable bonds is 17. The van der Waals surface area contributed by atoms with Crippen molar-refractivity contribution in [1.82, 2.24) is 4.98 Å². The van der Waals surface area contributed by atoms with E-state index in [0.29, 0.717) is 24.3 Å². The predicted molar refractivity (Wildman–Crippen MR) is 147 cm³/mol. The van der Waals surface area contributed by atoms with Gasteiger partial charge in [-0.1, -0.05) is 103 Å². The average Bonchev–Trinajstić information content (AvgIpc) is 2.92. The number of hydrogen-bond donors (Lipinski definition) is 0. The van der Waals surface area contributed by atoms with Gasteiger partial charge in [-0.05, 0) is 43.0 Å². The summed E-state index contributed by atoms with van der Waals surface area (Å²) in [6.07, 6.45) is 18.4. The Labute approximate surface area is 219 Å². The van der Waals surface area contributed by atoms with Gasteiger partial charge in [0.25, 0.3) is 0 Å². The Morgan fingerprint density at radius 1 is 0.639 bits per heavy atom. The van der Waals surface area contributed by atoms with Crippen LogP contribution in [0.15, 0.2) is 48.8 Å². The Bertz CT molecular complexity index is 773. The zero-order chi connectivity index (χ0) is 26.3. The van der Waals surface area contributed by atoms with E-state index in [0.717, 1.165) is 32.1 Å². The second-order valence-electron chi connectivity index (χ2n) is 9.07. The molecule has 1 aromatic carbocycles. The minimum absolute atomic E-state index is 0.293. The highest BCUT2D eigenvalue weighted by Crippen LogP contribution is 2.14. The van der Waals surface area contributed by atoms with Crippen LogP contribution in [-0.4, -0.2) is 30.1 Å². The number of carbonyl (C=O) groups is 2. The van der Waals surface area contributed by atoms with Gasteiger partial charge in [0.2, 0.25) is 0 Å². The molecule has 0 bridgehead atoms. The van der Waals surface area contributed by atoms with Gasteiger partial charge in [-0.3, -0.25) is 4.98 Å². The number of hydrogen-bond acceptors (Lipinski definition) is 5. The van der Waals surface area contributed by atoms with Gasteiger partial charge >= 0.3 is 11.9 Å². The molecule has 36 heavy (non-hydrogen) atoms. The number of benzene rings is 1. The van der Waals surface area contributed by atoms with Gasteiger partial charge in [-0.25, -0.2) is 9.59 Å². The normalized spacial score (nSPS) is 10.3. The van der Waals surface area contributed by atoms with Crippen LogP contribution in [0, 0.1) is 0 Å². The van der Waals surface area contributed by atoms with E-state index < -0.39 is 11.9 Å². The molecule has 2 aromatic rings. The van der Waals surface area contributed by atoms with Crippen molar-refractivity contribution in [3.8, 4) is 0 Å². The molecule has 0 aliphatic rings. The summed E-state index contributed by atoms with van der Waals surface area (Å²) in [6.45, 7) is 7.30. The number of carbonyl (C=O) groups excluding carboxylic acids is 2. The Morgan fingerprint density at radius 3 is 1.50 bits per heavy atom. The van der Waals surface area contributed by atoms with E-state index in [4.69, 9.17) is 9.47 Å². The molecule has 200 valence electrons. The van der Waals surface area contributed by atoms with E-state index in [1.807, 2.05) is 12.3 Å². The van der Waals surface area contributed by atoms with Crippen molar-refractivity contribution in [2.75, 3.05) is 13.2 Å². The molecule has 0 atom stereocenters. The summed E-state index contributed by atoms with van der Waals surface area (Å²) >= 11 is 0. The topological polar surface area (TPSA) is 65.5 Å². The van der Waals surface area contributed by atoms with Crippen molar-refractivity contribution in [2.45, 2.75) is 104 Å². The summed E-state index contributed by atoms with van der Waals surface area (Å²) < 4.78 is 10.7. The van der Waals surface area contributed by atoms with E-state index in [2.05, 4.69) is 31.8 Å². The van der Waals surface area contributed by atoms with Crippen molar-refractivity contribution >= 4 is 11.9 Å². The highest BCUT2D eigenvalue weighted by molar-refractivity contribution is 6.03. The third-order valence-electron chi connectivity index (χ3n) is 5.96. The lowest BCUT2D eigenvalue weighted by Gasteiger charge is -2.10. The molecular weight excluding hydrogens is 450 g/mol. The Balaban J connectivity index is 0.000000681. The minimum atomic E-state index is -0.444. The zero-order valence-electron chi connectivity index (χ0n) is 22.8. The quantitative estimate of drug-likeness (QED) is 0.162. The summed E-state index contributed by atoms with van der Waals surface area (Å²) in [7, 11) is 0. The van der Waals surface area contributed by atoms with Crippen LogP contribution in [-0.2, 0) is 15.9 Å². The molecule has 0 saturated heterocycles. The van der Waals surface area contributed by atoms with Gasteiger partial charge < -0.3 is 9.47 Å². The second-order valence-corrected chi connectivity index (χ2v) is 9.07. The van der Waals surface area contributed by atoms with Crippen molar-refractivity contribution in [1.29, 1.82) is 0 Å². The summed E-state index contributed by atoms with van der Waals surface area (Å²) in [5.41, 5.74) is 1.88. The first-order valence-electron chi connectivity index (χ1n) is 14.0. The Kier molecular flexibility index (Phi) is 18.8. The van der Waals surface area contributed by atoms with Crippen LogP contribution in [0.25, 0.3) is 0 Å². The molecule has 2 rings (SSSR count). The summed E-state index contributed by atoms with van der Waals surface area (Å²) in [5.74, 6) is -0.888. The third-order valence-corrected chi connectivity index (χ3v) is 5.96. The maximum absolute atomic E-state index is 12.4. The number of pyridine rings is 1. The van der Waals surface area contributed by atoms with Crippen molar-refractivity contribution in [2.24, 2.45) is 0 Å². The molecule has 0 aliphatic carbocycles. The molecule has 5 nitrogen and oxygen atoms in total. The third kappa shape index (κ3) is 14.7. The molecule has 0 unspecified atom stereocenters. The predicted octanol–water partition coefficient (Wildman–Crippen LogP) is 8.37. The van der Waals surface area contributed by atoms with Crippen LogP contribution in [0.4, 0.5) is 0 Å². The molecule has 0 amide bonds. The summed E-state index contributed by atoms with van der Waals surface area (Å²) in [4.78, 5) is 28.7. The molecule has 0 radical (unpaired) electrons. The summed E-state index contributed by atoms with van der Waals surface area (Å²) in [5, 5.41) is 0. The molecule has 5 heteroatoms. The van der Waals surface area contributed by atoms with Crippen LogP contribution >= 0.6 is 0 Å². The van der Waals surface area contributed by atoms with Gasteiger partial charge in [-0.2, -0.15) is 0 Å². The van der Waals surface area contributed by atoms with Crippen LogP contribution in [0.1, 0.15) is 124 Å². The van der Waals surface area contributed by atoms with E-state index in [1.165, 1.54) is 56.9 Å². The highest BCUT2D eigenvalue weighted by Gasteiger charge is 2.18. The first kappa shape index (κ1) is 31.3. The van der Waals surface area contributed by atoms with E-state index >= 15 is 0 Å². The van der Waals surface area contributed by atoms with Crippen LogP contribution in [0.2, 0.25) is 0 Å². The number of nitrogens with zero attached hydrogens (tertiary/aromatic N) is 1. The fourth-order valence-electron chi connectivity index (χ4n) is 3.70. The molecule has 0 saturated carbocycles. The lowest BCUT2D eigenvalue weighted by atomic mass is 10.1. The minimum Gasteiger partial charge on any atom is -0.462 e. The number of esters is 2. The second kappa shape index (κ2) is 21.6. The Morgan fingerprint density at radius 2 is 1.11 bits per heavy atom. The molecule has 1 aromatic heterocycles. The molecule has 0 fully saturated rings. The zero-order valence-corrected chi connectivity index (χ0v) is 22.8. The van der Waals surface area contributed by atoms with Crippen LogP contribution in [0.3, 0.4) is 0 Å². The van der Waals surface area contributed by atoms with Crippen LogP contribution in [0.5, 0.6) is 0 Å². The van der Waals surface area contributed by atoms with Crippen molar-refractivity contribution < 1.29 is 19.1 Å². The smallest absolute Gasteiger partial charge is 0.339 e. The standard InChI is InChI=1S/C24H38O4.C7H9N/c1-3-5-7-9-11-15-19-27-23(25)21-17-13-14-18-22(21)24(26)28-20-16-12-10-8-6-4-2;1-2-7-4-3-5-8-6-7/h13-14,17-18H,3-12,15-16,19-20H2,1-2H3;3-6H,2H2,1H3. The molecule has 0 aliphatic heterocycles. The SMILES string of the molecule is CCCCCCCCOC(=O)c1ccccc1C(=O)OCCCCCCCC.CCc1cccnc1. The molecule has 0 spiro atoms. The fraction of sp³-hybridized carbons (Fsp3) is 0.581. The average molecular weight is 498 g/mol. The van der Waals surface area contributed by atoms with Crippen molar-refractivity contribution in [3.63, 3.8) is 0 Å². The van der Waals surface area contributed by atoms with Gasteiger partial charge in [0.05, 0.1) is 24.3 Å². The number of ether oxygens (including phenoxy) is 2. The first-order valence-corrected chi connectivity index (χ1v) is 14.0. The first-order chi connectivity index (χ1) is 17.6.